The normalized spacial score (nSPS) is 20.5. The van der Waals surface area contributed by atoms with Crippen LogP contribution in [0, 0.1) is 6.92 Å². The smallest absolute Gasteiger partial charge is 0.399 e. The van der Waals surface area contributed by atoms with E-state index >= 15 is 0 Å². The van der Waals surface area contributed by atoms with Crippen molar-refractivity contribution in [2.45, 2.75) is 58.5 Å². The predicted octanol–water partition coefficient (Wildman–Crippen LogP) is 0.515. The van der Waals surface area contributed by atoms with Gasteiger partial charge in [-0.15, -0.1) is 0 Å². The van der Waals surface area contributed by atoms with Gasteiger partial charge in [-0.05, 0) is 34.6 Å². The molecule has 0 aromatic carbocycles. The van der Waals surface area contributed by atoms with Crippen LogP contribution in [0.15, 0.2) is 6.20 Å². The van der Waals surface area contributed by atoms with E-state index in [0.29, 0.717) is 19.8 Å². The van der Waals surface area contributed by atoms with E-state index in [1.807, 2.05) is 34.6 Å². The van der Waals surface area contributed by atoms with Crippen LogP contribution in [0.2, 0.25) is 0 Å². The van der Waals surface area contributed by atoms with Crippen LogP contribution in [0.5, 0.6) is 0 Å². The molecule has 0 amide bonds. The van der Waals surface area contributed by atoms with E-state index in [4.69, 9.17) is 18.8 Å². The van der Waals surface area contributed by atoms with Crippen LogP contribution >= 0.6 is 0 Å². The average molecular weight is 340 g/mol. The number of hydrogen-bond donors (Lipinski definition) is 1. The molecular weight excluding hydrogens is 311 g/mol. The molecule has 0 saturated carbocycles. The molecule has 24 heavy (non-hydrogen) atoms. The molecule has 1 saturated heterocycles. The average Bonchev–Trinajstić information content (AvgIpc) is 2.93. The lowest BCUT2D eigenvalue weighted by molar-refractivity contribution is 0.00577. The molecule has 1 N–H and O–H groups in total. The van der Waals surface area contributed by atoms with E-state index in [0.717, 1.165) is 11.2 Å². The number of aliphatic hydroxyl groups is 1. The zero-order valence-corrected chi connectivity index (χ0v) is 15.5. The van der Waals surface area contributed by atoms with Crippen molar-refractivity contribution in [2.75, 3.05) is 26.9 Å². The minimum atomic E-state index is -0.633. The van der Waals surface area contributed by atoms with Gasteiger partial charge < -0.3 is 23.9 Å². The first kappa shape index (κ1) is 19.4. The first-order chi connectivity index (χ1) is 11.2. The molecule has 2 rings (SSSR count). The summed E-state index contributed by atoms with van der Waals surface area (Å²) in [6.07, 6.45) is 1.11. The Balaban J connectivity index is 1.97. The molecule has 0 spiro atoms. The first-order valence-corrected chi connectivity index (χ1v) is 8.30. The summed E-state index contributed by atoms with van der Waals surface area (Å²) < 4.78 is 24.1. The van der Waals surface area contributed by atoms with Gasteiger partial charge in [0.05, 0.1) is 43.7 Å². The zero-order chi connectivity index (χ0) is 18.0. The summed E-state index contributed by atoms with van der Waals surface area (Å²) in [4.78, 5) is 0. The lowest BCUT2D eigenvalue weighted by Crippen LogP contribution is -2.41. The number of methoxy groups -OCH3 is 1. The van der Waals surface area contributed by atoms with E-state index in [9.17, 15) is 5.11 Å². The molecule has 1 fully saturated rings. The van der Waals surface area contributed by atoms with Gasteiger partial charge in [-0.1, -0.05) is 0 Å². The van der Waals surface area contributed by atoms with Gasteiger partial charge in [0, 0.05) is 24.5 Å². The Morgan fingerprint density at radius 3 is 2.46 bits per heavy atom. The fraction of sp³-hybridized carbons (Fsp3) is 0.812. The second-order valence-electron chi connectivity index (χ2n) is 7.18. The number of ether oxygens (including phenoxy) is 2. The minimum absolute atomic E-state index is 0.245. The van der Waals surface area contributed by atoms with E-state index in [1.54, 1.807) is 18.0 Å². The third kappa shape index (κ3) is 4.18. The highest BCUT2D eigenvalue weighted by Crippen LogP contribution is 2.36. The van der Waals surface area contributed by atoms with Gasteiger partial charge in [-0.25, -0.2) is 0 Å². The third-order valence-electron chi connectivity index (χ3n) is 4.77. The quantitative estimate of drug-likeness (QED) is 0.549. The first-order valence-electron chi connectivity index (χ1n) is 8.30. The van der Waals surface area contributed by atoms with Crippen LogP contribution in [-0.2, 0) is 25.3 Å². The van der Waals surface area contributed by atoms with E-state index in [2.05, 4.69) is 5.10 Å². The molecule has 0 radical (unpaired) electrons. The highest BCUT2D eigenvalue weighted by molar-refractivity contribution is 6.62. The number of hydrogen-bond acceptors (Lipinski definition) is 6. The number of rotatable bonds is 8. The molecule has 1 atom stereocenters. The Morgan fingerprint density at radius 1 is 1.25 bits per heavy atom. The SMILES string of the molecule is COCCOCC(O)Cn1ncc(B2OC(C)(C)C(C)(C)O2)c1C. The summed E-state index contributed by atoms with van der Waals surface area (Å²) in [5.41, 5.74) is 1.03. The van der Waals surface area contributed by atoms with Crippen molar-refractivity contribution in [1.82, 2.24) is 9.78 Å². The Bertz CT molecular complexity index is 531. The maximum Gasteiger partial charge on any atom is 0.498 e. The Kier molecular flexibility index (Phi) is 6.09. The van der Waals surface area contributed by atoms with Gasteiger partial charge in [-0.3, -0.25) is 4.68 Å². The highest BCUT2D eigenvalue weighted by Gasteiger charge is 2.52. The van der Waals surface area contributed by atoms with Crippen LogP contribution in [-0.4, -0.2) is 66.2 Å². The summed E-state index contributed by atoms with van der Waals surface area (Å²) in [6.45, 7) is 11.6. The van der Waals surface area contributed by atoms with Gasteiger partial charge in [0.2, 0.25) is 0 Å². The topological polar surface area (TPSA) is 75.0 Å². The van der Waals surface area contributed by atoms with Gasteiger partial charge in [0.15, 0.2) is 0 Å². The van der Waals surface area contributed by atoms with E-state index < -0.39 is 13.2 Å². The third-order valence-corrected chi connectivity index (χ3v) is 4.77. The molecule has 7 nitrogen and oxygen atoms in total. The maximum absolute atomic E-state index is 10.1. The van der Waals surface area contributed by atoms with Crippen molar-refractivity contribution >= 4 is 12.6 Å². The summed E-state index contributed by atoms with van der Waals surface area (Å²) in [6, 6.07) is 0. The van der Waals surface area contributed by atoms with Crippen molar-refractivity contribution in [3.63, 3.8) is 0 Å². The van der Waals surface area contributed by atoms with Gasteiger partial charge in [0.1, 0.15) is 0 Å². The summed E-state index contributed by atoms with van der Waals surface area (Å²) in [5.74, 6) is 0. The summed E-state index contributed by atoms with van der Waals surface area (Å²) in [5, 5.41) is 14.4. The largest absolute Gasteiger partial charge is 0.498 e. The molecule has 2 heterocycles. The molecule has 1 aliphatic rings. The van der Waals surface area contributed by atoms with Crippen LogP contribution in [0.25, 0.3) is 0 Å². The second-order valence-corrected chi connectivity index (χ2v) is 7.18. The molecule has 0 aliphatic carbocycles. The van der Waals surface area contributed by atoms with Crippen LogP contribution in [0.1, 0.15) is 33.4 Å². The van der Waals surface area contributed by atoms with Crippen molar-refractivity contribution in [2.24, 2.45) is 0 Å². The molecule has 136 valence electrons. The fourth-order valence-corrected chi connectivity index (χ4v) is 2.46. The molecule has 8 heteroatoms. The van der Waals surface area contributed by atoms with Gasteiger partial charge in [-0.2, -0.15) is 5.10 Å². The molecule has 1 aliphatic heterocycles. The Hall–Kier alpha value is -0.925. The number of nitrogens with zero attached hydrogens (tertiary/aromatic N) is 2. The van der Waals surface area contributed by atoms with Crippen LogP contribution in [0.3, 0.4) is 0 Å². The zero-order valence-electron chi connectivity index (χ0n) is 15.5. The molecule has 1 aromatic heterocycles. The standard InChI is InChI=1S/C16H29BN2O5/c1-12-14(17-23-15(2,3)16(4,5)24-17)9-18-19(12)10-13(20)11-22-8-7-21-6/h9,13,20H,7-8,10-11H2,1-6H3. The van der Waals surface area contributed by atoms with Gasteiger partial charge >= 0.3 is 7.12 Å². The second kappa shape index (κ2) is 7.53. The molecule has 1 aromatic rings. The lowest BCUT2D eigenvalue weighted by Gasteiger charge is -2.32. The number of aromatic nitrogens is 2. The number of aliphatic hydroxyl groups excluding tert-OH is 1. The van der Waals surface area contributed by atoms with Gasteiger partial charge in [0.25, 0.3) is 0 Å². The molecule has 0 bridgehead atoms. The van der Waals surface area contributed by atoms with Crippen molar-refractivity contribution in [3.05, 3.63) is 11.9 Å². The Morgan fingerprint density at radius 2 is 1.88 bits per heavy atom. The minimum Gasteiger partial charge on any atom is -0.399 e. The predicted molar refractivity (Wildman–Crippen MR) is 91.4 cm³/mol. The Labute approximate surface area is 144 Å². The van der Waals surface area contributed by atoms with Crippen LogP contribution < -0.4 is 5.46 Å². The van der Waals surface area contributed by atoms with Crippen LogP contribution in [0.4, 0.5) is 0 Å². The molecular formula is C16H29BN2O5. The van der Waals surface area contributed by atoms with Crippen molar-refractivity contribution in [3.8, 4) is 0 Å². The summed E-state index contributed by atoms with van der Waals surface area (Å²) in [7, 11) is 1.17. The van der Waals surface area contributed by atoms with E-state index in [1.165, 1.54) is 0 Å². The summed E-state index contributed by atoms with van der Waals surface area (Å²) >= 11 is 0. The lowest BCUT2D eigenvalue weighted by atomic mass is 9.79. The molecule has 1 unspecified atom stereocenters. The van der Waals surface area contributed by atoms with Crippen molar-refractivity contribution < 1.29 is 23.9 Å². The van der Waals surface area contributed by atoms with E-state index in [-0.39, 0.29) is 17.8 Å². The fourth-order valence-electron chi connectivity index (χ4n) is 2.46. The highest BCUT2D eigenvalue weighted by atomic mass is 16.7. The monoisotopic (exact) mass is 340 g/mol. The maximum atomic E-state index is 10.1. The van der Waals surface area contributed by atoms with Crippen molar-refractivity contribution in [1.29, 1.82) is 0 Å².